The number of carbonyl (C=O) groups is 2. The highest BCUT2D eigenvalue weighted by Gasteiger charge is 2.29. The Hall–Kier alpha value is -3.41. The molecule has 0 N–H and O–H groups in total. The van der Waals surface area contributed by atoms with E-state index < -0.39 is 11.9 Å². The third-order valence-corrected chi connectivity index (χ3v) is 4.08. The van der Waals surface area contributed by atoms with Crippen LogP contribution in [0.2, 0.25) is 0 Å². The second-order valence-corrected chi connectivity index (χ2v) is 5.62. The Kier molecular flexibility index (Phi) is 4.84. The Morgan fingerprint density at radius 3 is 2.54 bits per heavy atom. The summed E-state index contributed by atoms with van der Waals surface area (Å²) in [7, 11) is 2.54. The van der Waals surface area contributed by atoms with Gasteiger partial charge in [-0.1, -0.05) is 24.3 Å². The van der Waals surface area contributed by atoms with Crippen molar-refractivity contribution in [3.63, 3.8) is 0 Å². The molecule has 6 nitrogen and oxygen atoms in total. The van der Waals surface area contributed by atoms with Crippen LogP contribution in [0.25, 0.3) is 10.9 Å². The van der Waals surface area contributed by atoms with Crippen LogP contribution in [0, 0.1) is 6.92 Å². The molecule has 1 aliphatic rings. The number of carbonyl (C=O) groups excluding carboxylic acids is 2. The van der Waals surface area contributed by atoms with Gasteiger partial charge in [0.15, 0.2) is 0 Å². The van der Waals surface area contributed by atoms with Crippen molar-refractivity contribution in [1.82, 2.24) is 4.98 Å². The number of aryl methyl sites for hydroxylation is 1. The van der Waals surface area contributed by atoms with Gasteiger partial charge < -0.3 is 14.4 Å². The largest absolute Gasteiger partial charge is 0.465 e. The second kappa shape index (κ2) is 7.23. The molecule has 0 atom stereocenters. The Balaban J connectivity index is 2.34. The van der Waals surface area contributed by atoms with Gasteiger partial charge in [0.2, 0.25) is 0 Å². The predicted octanol–water partition coefficient (Wildman–Crippen LogP) is 3.03. The standard InChI is InChI=1S/C20H18N2O4/c1-13-9-10-14-7-6-11-21-16(14)17(13)22-12-5-4-8-15(19(23)25-2)18(22)20(24)26-3/h4-12H,1-3H3. The van der Waals surface area contributed by atoms with E-state index in [0.717, 1.165) is 10.9 Å². The molecule has 0 aliphatic carbocycles. The quantitative estimate of drug-likeness (QED) is 0.793. The van der Waals surface area contributed by atoms with Gasteiger partial charge in [0.25, 0.3) is 0 Å². The minimum absolute atomic E-state index is 0.0746. The van der Waals surface area contributed by atoms with Crippen LogP contribution in [0.3, 0.4) is 0 Å². The number of aromatic nitrogens is 1. The van der Waals surface area contributed by atoms with Crippen LogP contribution in [-0.4, -0.2) is 31.1 Å². The van der Waals surface area contributed by atoms with Crippen molar-refractivity contribution in [1.29, 1.82) is 0 Å². The molecule has 1 aromatic heterocycles. The lowest BCUT2D eigenvalue weighted by Crippen LogP contribution is -2.27. The summed E-state index contributed by atoms with van der Waals surface area (Å²) in [4.78, 5) is 30.9. The van der Waals surface area contributed by atoms with Crippen LogP contribution < -0.4 is 4.90 Å². The van der Waals surface area contributed by atoms with Crippen molar-refractivity contribution in [2.24, 2.45) is 0 Å². The number of esters is 2. The highest BCUT2D eigenvalue weighted by atomic mass is 16.5. The molecule has 3 rings (SSSR count). The van der Waals surface area contributed by atoms with Crippen molar-refractivity contribution >= 4 is 28.5 Å². The number of allylic oxidation sites excluding steroid dienone is 2. The number of hydrogen-bond donors (Lipinski definition) is 0. The Bertz CT molecular complexity index is 973. The van der Waals surface area contributed by atoms with Gasteiger partial charge in [0.05, 0.1) is 31.0 Å². The molecule has 6 heteroatoms. The SMILES string of the molecule is COC(=O)C1=C(C(=O)OC)N(c2c(C)ccc3cccnc23)C=CC=C1. The molecule has 1 aromatic carbocycles. The summed E-state index contributed by atoms with van der Waals surface area (Å²) < 4.78 is 9.79. The van der Waals surface area contributed by atoms with Crippen LogP contribution in [0.15, 0.2) is 66.2 Å². The molecule has 0 fully saturated rings. The molecule has 26 heavy (non-hydrogen) atoms. The van der Waals surface area contributed by atoms with Gasteiger partial charge >= 0.3 is 11.9 Å². The lowest BCUT2D eigenvalue weighted by Gasteiger charge is -2.25. The van der Waals surface area contributed by atoms with Gasteiger partial charge in [-0.25, -0.2) is 9.59 Å². The monoisotopic (exact) mass is 350 g/mol. The van der Waals surface area contributed by atoms with Crippen molar-refractivity contribution < 1.29 is 19.1 Å². The maximum atomic E-state index is 12.6. The number of hydrogen-bond acceptors (Lipinski definition) is 6. The molecule has 1 aliphatic heterocycles. The number of ether oxygens (including phenoxy) is 2. The first-order valence-electron chi connectivity index (χ1n) is 7.97. The zero-order valence-corrected chi connectivity index (χ0v) is 14.7. The average molecular weight is 350 g/mol. The number of methoxy groups -OCH3 is 2. The van der Waals surface area contributed by atoms with Crippen LogP contribution in [-0.2, 0) is 19.1 Å². The minimum atomic E-state index is -0.645. The smallest absolute Gasteiger partial charge is 0.355 e. The maximum absolute atomic E-state index is 12.6. The molecule has 0 radical (unpaired) electrons. The predicted molar refractivity (Wildman–Crippen MR) is 98.3 cm³/mol. The fraction of sp³-hybridized carbons (Fsp3) is 0.150. The van der Waals surface area contributed by atoms with Crippen molar-refractivity contribution in [2.45, 2.75) is 6.92 Å². The Morgan fingerprint density at radius 2 is 1.81 bits per heavy atom. The summed E-state index contributed by atoms with van der Waals surface area (Å²) in [5, 5.41) is 0.919. The van der Waals surface area contributed by atoms with Crippen molar-refractivity contribution in [3.05, 3.63) is 71.7 Å². The summed E-state index contributed by atoms with van der Waals surface area (Å²) in [6.07, 6.45) is 8.33. The third kappa shape index (κ3) is 2.97. The van der Waals surface area contributed by atoms with Crippen molar-refractivity contribution in [2.75, 3.05) is 19.1 Å². The summed E-state index contributed by atoms with van der Waals surface area (Å²) in [6, 6.07) is 7.69. The highest BCUT2D eigenvalue weighted by molar-refractivity contribution is 6.07. The van der Waals surface area contributed by atoms with E-state index in [0.29, 0.717) is 11.2 Å². The van der Waals surface area contributed by atoms with E-state index in [2.05, 4.69) is 4.98 Å². The first-order valence-corrected chi connectivity index (χ1v) is 7.97. The van der Waals surface area contributed by atoms with Crippen LogP contribution in [0.5, 0.6) is 0 Å². The van der Waals surface area contributed by atoms with E-state index in [1.54, 1.807) is 29.4 Å². The van der Waals surface area contributed by atoms with Crippen LogP contribution >= 0.6 is 0 Å². The molecule has 0 saturated carbocycles. The van der Waals surface area contributed by atoms with Gasteiger partial charge in [-0.3, -0.25) is 4.98 Å². The second-order valence-electron chi connectivity index (χ2n) is 5.62. The molecule has 0 unspecified atom stereocenters. The maximum Gasteiger partial charge on any atom is 0.355 e. The zero-order valence-electron chi connectivity index (χ0n) is 14.7. The molecule has 2 aromatic rings. The van der Waals surface area contributed by atoms with Gasteiger partial charge in [0, 0.05) is 17.8 Å². The fourth-order valence-electron chi connectivity index (χ4n) is 2.87. The topological polar surface area (TPSA) is 68.7 Å². The minimum Gasteiger partial charge on any atom is -0.465 e. The summed E-state index contributed by atoms with van der Waals surface area (Å²) in [5.74, 6) is -1.27. The van der Waals surface area contributed by atoms with Gasteiger partial charge in [-0.15, -0.1) is 0 Å². The zero-order chi connectivity index (χ0) is 18.7. The molecule has 132 valence electrons. The number of nitrogens with zero attached hydrogens (tertiary/aromatic N) is 2. The average Bonchev–Trinajstić information content (AvgIpc) is 2.89. The van der Waals surface area contributed by atoms with Crippen LogP contribution in [0.1, 0.15) is 5.56 Å². The Morgan fingerprint density at radius 1 is 1.04 bits per heavy atom. The van der Waals surface area contributed by atoms with E-state index in [9.17, 15) is 9.59 Å². The highest BCUT2D eigenvalue weighted by Crippen LogP contribution is 2.34. The van der Waals surface area contributed by atoms with Gasteiger partial charge in [-0.2, -0.15) is 0 Å². The van der Waals surface area contributed by atoms with E-state index >= 15 is 0 Å². The van der Waals surface area contributed by atoms with Crippen molar-refractivity contribution in [3.8, 4) is 0 Å². The molecule has 0 spiro atoms. The number of pyridine rings is 1. The summed E-state index contributed by atoms with van der Waals surface area (Å²) >= 11 is 0. The van der Waals surface area contributed by atoms with E-state index in [1.807, 2.05) is 31.2 Å². The number of benzene rings is 1. The van der Waals surface area contributed by atoms with Crippen LogP contribution in [0.4, 0.5) is 5.69 Å². The molecular weight excluding hydrogens is 332 g/mol. The van der Waals surface area contributed by atoms with E-state index in [4.69, 9.17) is 9.47 Å². The summed E-state index contributed by atoms with van der Waals surface area (Å²) in [5.41, 5.74) is 2.49. The lowest BCUT2D eigenvalue weighted by atomic mass is 10.1. The molecule has 0 amide bonds. The molecule has 0 saturated heterocycles. The molecular formula is C20H18N2O4. The molecule has 0 bridgehead atoms. The number of fused-ring (bicyclic) bond motifs is 1. The van der Waals surface area contributed by atoms with E-state index in [1.165, 1.54) is 20.3 Å². The van der Waals surface area contributed by atoms with Gasteiger partial charge in [-0.05, 0) is 30.7 Å². The fourth-order valence-corrected chi connectivity index (χ4v) is 2.87. The number of rotatable bonds is 3. The van der Waals surface area contributed by atoms with Gasteiger partial charge in [0.1, 0.15) is 5.70 Å². The number of anilines is 1. The Labute approximate surface area is 151 Å². The van der Waals surface area contributed by atoms with E-state index in [-0.39, 0.29) is 11.3 Å². The first kappa shape index (κ1) is 17.4. The lowest BCUT2D eigenvalue weighted by molar-refractivity contribution is -0.139. The third-order valence-electron chi connectivity index (χ3n) is 4.08. The summed E-state index contributed by atoms with van der Waals surface area (Å²) in [6.45, 7) is 1.92. The first-order chi connectivity index (χ1) is 12.6. The molecule has 2 heterocycles. The normalized spacial score (nSPS) is 13.7.